The van der Waals surface area contributed by atoms with E-state index in [9.17, 15) is 4.79 Å². The van der Waals surface area contributed by atoms with E-state index in [1.807, 2.05) is 0 Å². The number of nitrogens with zero attached hydrogens (tertiary/aromatic N) is 1. The number of carbonyl (C=O) groups excluding carboxylic acids is 1. The summed E-state index contributed by atoms with van der Waals surface area (Å²) in [6, 6.07) is 0. The minimum atomic E-state index is -0.950. The first kappa shape index (κ1) is 11.3. The van der Waals surface area contributed by atoms with Crippen LogP contribution in [0.25, 0.3) is 0 Å². The Bertz CT molecular complexity index is 310. The number of rotatable bonds is 2. The van der Waals surface area contributed by atoms with Crippen molar-refractivity contribution in [2.24, 2.45) is 5.10 Å². The van der Waals surface area contributed by atoms with Gasteiger partial charge in [-0.2, -0.15) is 5.10 Å². The molecule has 0 aliphatic carbocycles. The number of carbonyl (C=O) groups is 1. The summed E-state index contributed by atoms with van der Waals surface area (Å²) in [6.07, 6.45) is 1.42. The quantitative estimate of drug-likeness (QED) is 0.586. The molecule has 1 atom stereocenters. The zero-order chi connectivity index (χ0) is 10.8. The number of hydrogen-bond acceptors (Lipinski definition) is 4. The molecular weight excluding hydrogens is 227 g/mol. The van der Waals surface area contributed by atoms with Gasteiger partial charge in [0.05, 0.1) is 17.9 Å². The van der Waals surface area contributed by atoms with Crippen molar-refractivity contribution in [1.29, 1.82) is 0 Å². The Kier molecular flexibility index (Phi) is 3.39. The molecule has 0 fully saturated rings. The van der Waals surface area contributed by atoms with Gasteiger partial charge in [-0.05, 0) is 13.8 Å². The van der Waals surface area contributed by atoms with Crippen molar-refractivity contribution in [3.05, 3.63) is 10.7 Å². The highest BCUT2D eigenvalue weighted by Crippen LogP contribution is 2.30. The van der Waals surface area contributed by atoms with Crippen LogP contribution in [0.5, 0.6) is 0 Å². The zero-order valence-electron chi connectivity index (χ0n) is 7.80. The van der Waals surface area contributed by atoms with Crippen molar-refractivity contribution >= 4 is 35.4 Å². The van der Waals surface area contributed by atoms with Gasteiger partial charge in [0.1, 0.15) is 4.87 Å². The number of esters is 1. The molecule has 1 heterocycles. The molecule has 0 bridgehead atoms. The van der Waals surface area contributed by atoms with Crippen molar-refractivity contribution in [2.45, 2.75) is 18.7 Å². The molecule has 0 spiro atoms. The second-order valence-corrected chi connectivity index (χ2v) is 4.02. The summed E-state index contributed by atoms with van der Waals surface area (Å²) in [4.78, 5) is 10.4. The van der Waals surface area contributed by atoms with Crippen LogP contribution in [0.15, 0.2) is 15.8 Å². The largest absolute Gasteiger partial charge is 0.461 e. The van der Waals surface area contributed by atoms with E-state index in [1.54, 1.807) is 13.8 Å². The number of hydrogen-bond donors (Lipinski definition) is 1. The zero-order valence-corrected chi connectivity index (χ0v) is 9.32. The predicted molar refractivity (Wildman–Crippen MR) is 55.4 cm³/mol. The molecule has 1 aliphatic rings. The van der Waals surface area contributed by atoms with Crippen molar-refractivity contribution in [3.63, 3.8) is 0 Å². The topological polar surface area (TPSA) is 50.7 Å². The van der Waals surface area contributed by atoms with Gasteiger partial charge in [-0.25, -0.2) is 4.79 Å². The average molecular weight is 237 g/mol. The number of hydrazone groups is 1. The Labute approximate surface area is 91.9 Å². The van der Waals surface area contributed by atoms with Gasteiger partial charge in [0, 0.05) is 0 Å². The first-order valence-corrected chi connectivity index (χ1v) is 4.81. The van der Waals surface area contributed by atoms with E-state index in [2.05, 4.69) is 10.5 Å². The molecule has 1 aliphatic heterocycles. The maximum absolute atomic E-state index is 11.3. The van der Waals surface area contributed by atoms with Crippen LogP contribution in [0.4, 0.5) is 0 Å². The lowest BCUT2D eigenvalue weighted by atomic mass is 10.1. The first-order chi connectivity index (χ1) is 6.49. The summed E-state index contributed by atoms with van der Waals surface area (Å²) < 4.78 is 4.77. The Hall–Kier alpha value is -0.740. The minimum absolute atomic E-state index is 0.0912. The van der Waals surface area contributed by atoms with E-state index >= 15 is 0 Å². The molecule has 0 aromatic carbocycles. The van der Waals surface area contributed by atoms with Gasteiger partial charge in [0.2, 0.25) is 0 Å². The fourth-order valence-electron chi connectivity index (χ4n) is 0.907. The predicted octanol–water partition coefficient (Wildman–Crippen LogP) is 1.59. The van der Waals surface area contributed by atoms with Gasteiger partial charge in [-0.3, -0.25) is 5.43 Å². The summed E-state index contributed by atoms with van der Waals surface area (Å²) >= 11 is 11.9. The van der Waals surface area contributed by atoms with Crippen LogP contribution in [0, 0.1) is 0 Å². The Balaban J connectivity index is 2.93. The van der Waals surface area contributed by atoms with Crippen molar-refractivity contribution in [2.75, 3.05) is 6.61 Å². The van der Waals surface area contributed by atoms with Crippen molar-refractivity contribution in [3.8, 4) is 0 Å². The monoisotopic (exact) mass is 236 g/mol. The van der Waals surface area contributed by atoms with Gasteiger partial charge >= 0.3 is 5.97 Å². The summed E-state index contributed by atoms with van der Waals surface area (Å²) in [5.74, 6) is -0.554. The first-order valence-electron chi connectivity index (χ1n) is 4.05. The van der Waals surface area contributed by atoms with Gasteiger partial charge in [0.15, 0.2) is 5.70 Å². The van der Waals surface area contributed by atoms with E-state index in [0.29, 0.717) is 0 Å². The molecule has 1 unspecified atom stereocenters. The van der Waals surface area contributed by atoms with Crippen molar-refractivity contribution < 1.29 is 9.53 Å². The van der Waals surface area contributed by atoms with E-state index in [4.69, 9.17) is 27.9 Å². The van der Waals surface area contributed by atoms with Crippen molar-refractivity contribution in [1.82, 2.24) is 5.43 Å². The van der Waals surface area contributed by atoms with E-state index in [1.165, 1.54) is 6.21 Å². The highest BCUT2D eigenvalue weighted by molar-refractivity contribution is 6.46. The molecule has 0 saturated carbocycles. The smallest absolute Gasteiger partial charge is 0.357 e. The third kappa shape index (κ3) is 2.19. The number of alkyl halides is 1. The standard InChI is InChI=1S/C8H10Cl2N2O2/c1-3-14-7(13)5-6(9)8(2,10)4-11-12-5/h4,12H,3H2,1-2H3. The number of nitrogens with one attached hydrogen (secondary N) is 1. The van der Waals surface area contributed by atoms with E-state index in [0.717, 1.165) is 0 Å². The lowest BCUT2D eigenvalue weighted by molar-refractivity contribution is -0.139. The summed E-state index contributed by atoms with van der Waals surface area (Å²) in [6.45, 7) is 3.62. The summed E-state index contributed by atoms with van der Waals surface area (Å²) in [7, 11) is 0. The fraction of sp³-hybridized carbons (Fsp3) is 0.500. The molecule has 0 radical (unpaired) electrons. The molecule has 1 N–H and O–H groups in total. The molecule has 0 saturated heterocycles. The van der Waals surface area contributed by atoms with Gasteiger partial charge in [-0.15, -0.1) is 11.6 Å². The van der Waals surface area contributed by atoms with E-state index < -0.39 is 10.8 Å². The van der Waals surface area contributed by atoms with Crippen LogP contribution >= 0.6 is 23.2 Å². The molecular formula is C8H10Cl2N2O2. The molecule has 0 aromatic heterocycles. The molecule has 0 amide bonds. The summed E-state index contributed by atoms with van der Waals surface area (Å²) in [5, 5.41) is 3.90. The van der Waals surface area contributed by atoms with Crippen LogP contribution in [0.1, 0.15) is 13.8 Å². The van der Waals surface area contributed by atoms with Crippen LogP contribution in [-0.2, 0) is 9.53 Å². The van der Waals surface area contributed by atoms with Gasteiger partial charge < -0.3 is 4.74 Å². The maximum atomic E-state index is 11.3. The van der Waals surface area contributed by atoms with Crippen LogP contribution in [-0.4, -0.2) is 23.7 Å². The van der Waals surface area contributed by atoms with E-state index in [-0.39, 0.29) is 17.3 Å². The third-order valence-corrected chi connectivity index (χ3v) is 2.58. The molecule has 78 valence electrons. The van der Waals surface area contributed by atoms with Gasteiger partial charge in [0.25, 0.3) is 0 Å². The average Bonchev–Trinajstić information content (AvgIpc) is 2.10. The van der Waals surface area contributed by atoms with Crippen LogP contribution in [0.2, 0.25) is 0 Å². The molecule has 1 rings (SSSR count). The number of halogens is 2. The van der Waals surface area contributed by atoms with Crippen LogP contribution < -0.4 is 5.43 Å². The number of ether oxygens (including phenoxy) is 1. The lowest BCUT2D eigenvalue weighted by Gasteiger charge is -2.22. The maximum Gasteiger partial charge on any atom is 0.357 e. The third-order valence-electron chi connectivity index (χ3n) is 1.61. The molecule has 0 aromatic rings. The fourth-order valence-corrected chi connectivity index (χ4v) is 1.22. The van der Waals surface area contributed by atoms with Gasteiger partial charge in [-0.1, -0.05) is 11.6 Å². The highest BCUT2D eigenvalue weighted by atomic mass is 35.5. The Morgan fingerprint density at radius 3 is 3.00 bits per heavy atom. The SMILES string of the molecule is CCOC(=O)C1=C(Cl)C(C)(Cl)C=NN1. The minimum Gasteiger partial charge on any atom is -0.461 e. The Morgan fingerprint density at radius 1 is 1.79 bits per heavy atom. The summed E-state index contributed by atoms with van der Waals surface area (Å²) in [5.41, 5.74) is 2.56. The Morgan fingerprint density at radius 2 is 2.43 bits per heavy atom. The normalized spacial score (nSPS) is 26.0. The lowest BCUT2D eigenvalue weighted by Crippen LogP contribution is -2.33. The number of allylic oxidation sites excluding steroid dienone is 1. The van der Waals surface area contributed by atoms with Crippen LogP contribution in [0.3, 0.4) is 0 Å². The highest BCUT2D eigenvalue weighted by Gasteiger charge is 2.32. The molecule has 6 heteroatoms. The second kappa shape index (κ2) is 4.19. The molecule has 14 heavy (non-hydrogen) atoms. The molecule has 4 nitrogen and oxygen atoms in total. The second-order valence-electron chi connectivity index (χ2n) is 2.86.